The van der Waals surface area contributed by atoms with Gasteiger partial charge in [-0.1, -0.05) is 36.8 Å². The van der Waals surface area contributed by atoms with Crippen LogP contribution in [0.3, 0.4) is 0 Å². The summed E-state index contributed by atoms with van der Waals surface area (Å²) in [7, 11) is 0. The second-order valence-electron chi connectivity index (χ2n) is 5.87. The molecule has 118 valence electrons. The summed E-state index contributed by atoms with van der Waals surface area (Å²) in [6.45, 7) is 4.80. The highest BCUT2D eigenvalue weighted by atomic mass is 32.1. The molecule has 0 saturated carbocycles. The molecule has 0 atom stereocenters. The topological polar surface area (TPSA) is 45.2 Å². The number of carbonyl (C=O) groups is 1. The fourth-order valence-corrected chi connectivity index (χ4v) is 3.88. The van der Waals surface area contributed by atoms with Gasteiger partial charge in [-0.15, -0.1) is 0 Å². The molecule has 4 nitrogen and oxygen atoms in total. The van der Waals surface area contributed by atoms with E-state index in [2.05, 4.69) is 35.3 Å². The number of piperidine rings is 1. The molecule has 0 spiro atoms. The summed E-state index contributed by atoms with van der Waals surface area (Å²) in [5.41, 5.74) is 1.07. The molecule has 2 heterocycles. The zero-order valence-corrected chi connectivity index (χ0v) is 13.9. The lowest BCUT2D eigenvalue weighted by molar-refractivity contribution is -0.125. The SMILES string of the molecule is CCCCNC(=O)C1CCN(c2nc3ccccc3s2)CC1. The monoisotopic (exact) mass is 317 g/mol. The van der Waals surface area contributed by atoms with Crippen LogP contribution in [-0.4, -0.2) is 30.5 Å². The Morgan fingerprint density at radius 1 is 1.36 bits per heavy atom. The number of hydrogen-bond acceptors (Lipinski definition) is 4. The molecular formula is C17H23N3OS. The Bertz CT molecular complexity index is 599. The van der Waals surface area contributed by atoms with Gasteiger partial charge in [0.2, 0.25) is 5.91 Å². The van der Waals surface area contributed by atoms with E-state index in [4.69, 9.17) is 4.98 Å². The highest BCUT2D eigenvalue weighted by Crippen LogP contribution is 2.31. The maximum Gasteiger partial charge on any atom is 0.223 e. The van der Waals surface area contributed by atoms with Crippen molar-refractivity contribution in [2.45, 2.75) is 32.6 Å². The first kappa shape index (κ1) is 15.3. The zero-order chi connectivity index (χ0) is 15.4. The summed E-state index contributed by atoms with van der Waals surface area (Å²) in [6, 6.07) is 8.25. The molecule has 0 aliphatic carbocycles. The summed E-state index contributed by atoms with van der Waals surface area (Å²) in [5.74, 6) is 0.403. The van der Waals surface area contributed by atoms with Crippen molar-refractivity contribution in [1.29, 1.82) is 0 Å². The number of fused-ring (bicyclic) bond motifs is 1. The summed E-state index contributed by atoms with van der Waals surface area (Å²) in [6.07, 6.45) is 4.04. The summed E-state index contributed by atoms with van der Waals surface area (Å²) >= 11 is 1.74. The molecule has 1 aromatic heterocycles. The van der Waals surface area contributed by atoms with E-state index in [1.807, 2.05) is 6.07 Å². The molecule has 1 amide bonds. The minimum absolute atomic E-state index is 0.169. The molecule has 0 unspecified atom stereocenters. The second-order valence-corrected chi connectivity index (χ2v) is 6.88. The predicted molar refractivity (Wildman–Crippen MR) is 92.5 cm³/mol. The van der Waals surface area contributed by atoms with Gasteiger partial charge in [-0.2, -0.15) is 0 Å². The molecule has 0 radical (unpaired) electrons. The zero-order valence-electron chi connectivity index (χ0n) is 13.0. The molecule has 1 saturated heterocycles. The largest absolute Gasteiger partial charge is 0.356 e. The number of benzene rings is 1. The third-order valence-corrected chi connectivity index (χ3v) is 5.35. The normalized spacial score (nSPS) is 16.1. The van der Waals surface area contributed by atoms with E-state index in [0.29, 0.717) is 0 Å². The van der Waals surface area contributed by atoms with Gasteiger partial charge in [0.05, 0.1) is 10.2 Å². The fraction of sp³-hybridized carbons (Fsp3) is 0.529. The van der Waals surface area contributed by atoms with E-state index in [1.165, 1.54) is 4.70 Å². The number of anilines is 1. The van der Waals surface area contributed by atoms with Crippen LogP contribution in [0, 0.1) is 5.92 Å². The number of rotatable bonds is 5. The number of hydrogen-bond donors (Lipinski definition) is 1. The lowest BCUT2D eigenvalue weighted by Gasteiger charge is -2.31. The minimum atomic E-state index is 0.169. The van der Waals surface area contributed by atoms with Gasteiger partial charge in [-0.25, -0.2) is 4.98 Å². The maximum atomic E-state index is 12.1. The molecule has 1 fully saturated rings. The first-order valence-corrected chi connectivity index (χ1v) is 8.98. The van der Waals surface area contributed by atoms with Crippen molar-refractivity contribution >= 4 is 32.6 Å². The van der Waals surface area contributed by atoms with Gasteiger partial charge in [-0.05, 0) is 31.4 Å². The first-order chi connectivity index (χ1) is 10.8. The predicted octanol–water partition coefficient (Wildman–Crippen LogP) is 3.43. The number of amides is 1. The Morgan fingerprint density at radius 3 is 2.86 bits per heavy atom. The van der Waals surface area contributed by atoms with Crippen LogP contribution in [-0.2, 0) is 4.79 Å². The molecule has 1 aliphatic heterocycles. The molecule has 22 heavy (non-hydrogen) atoms. The van der Waals surface area contributed by atoms with Crippen molar-refractivity contribution in [3.05, 3.63) is 24.3 Å². The van der Waals surface area contributed by atoms with Gasteiger partial charge in [-0.3, -0.25) is 4.79 Å². The molecule has 1 aromatic carbocycles. The molecule has 0 bridgehead atoms. The highest BCUT2D eigenvalue weighted by molar-refractivity contribution is 7.22. The number of unbranched alkanes of at least 4 members (excludes halogenated alkanes) is 1. The molecule has 3 rings (SSSR count). The van der Waals surface area contributed by atoms with Crippen LogP contribution in [0.2, 0.25) is 0 Å². The van der Waals surface area contributed by atoms with Crippen LogP contribution < -0.4 is 10.2 Å². The molecule has 5 heteroatoms. The smallest absolute Gasteiger partial charge is 0.223 e. The van der Waals surface area contributed by atoms with E-state index in [9.17, 15) is 4.79 Å². The Kier molecular flexibility index (Phi) is 4.93. The summed E-state index contributed by atoms with van der Waals surface area (Å²) in [5, 5.41) is 4.15. The van der Waals surface area contributed by atoms with Crippen molar-refractivity contribution in [2.24, 2.45) is 5.92 Å². The highest BCUT2D eigenvalue weighted by Gasteiger charge is 2.26. The van der Waals surface area contributed by atoms with Gasteiger partial charge in [0.1, 0.15) is 0 Å². The Labute approximate surface area is 135 Å². The lowest BCUT2D eigenvalue weighted by Crippen LogP contribution is -2.40. The van der Waals surface area contributed by atoms with Crippen LogP contribution in [0.4, 0.5) is 5.13 Å². The van der Waals surface area contributed by atoms with Gasteiger partial charge in [0, 0.05) is 25.6 Å². The first-order valence-electron chi connectivity index (χ1n) is 8.16. The molecule has 1 aliphatic rings. The number of aromatic nitrogens is 1. The van der Waals surface area contributed by atoms with Crippen LogP contribution in [0.15, 0.2) is 24.3 Å². The number of carbonyl (C=O) groups excluding carboxylic acids is 1. The Balaban J connectivity index is 1.56. The van der Waals surface area contributed by atoms with E-state index >= 15 is 0 Å². The fourth-order valence-electron chi connectivity index (χ4n) is 2.86. The quantitative estimate of drug-likeness (QED) is 0.859. The number of nitrogens with zero attached hydrogens (tertiary/aromatic N) is 2. The van der Waals surface area contributed by atoms with Gasteiger partial charge in [0.15, 0.2) is 5.13 Å². The average Bonchev–Trinajstić information content (AvgIpc) is 2.99. The van der Waals surface area contributed by atoms with Crippen molar-refractivity contribution in [1.82, 2.24) is 10.3 Å². The van der Waals surface area contributed by atoms with Crippen LogP contribution in [0.5, 0.6) is 0 Å². The maximum absolute atomic E-state index is 12.1. The van der Waals surface area contributed by atoms with Crippen LogP contribution in [0.25, 0.3) is 10.2 Å². The minimum Gasteiger partial charge on any atom is -0.356 e. The van der Waals surface area contributed by atoms with E-state index in [-0.39, 0.29) is 11.8 Å². The molecular weight excluding hydrogens is 294 g/mol. The average molecular weight is 317 g/mol. The molecule has 2 aromatic rings. The van der Waals surface area contributed by atoms with Crippen LogP contribution >= 0.6 is 11.3 Å². The summed E-state index contributed by atoms with van der Waals surface area (Å²) < 4.78 is 1.23. The third kappa shape index (κ3) is 3.40. The van der Waals surface area contributed by atoms with Crippen molar-refractivity contribution in [3.8, 4) is 0 Å². The second kappa shape index (κ2) is 7.09. The lowest BCUT2D eigenvalue weighted by atomic mass is 9.96. The Morgan fingerprint density at radius 2 is 2.14 bits per heavy atom. The van der Waals surface area contributed by atoms with Gasteiger partial charge < -0.3 is 10.2 Å². The summed E-state index contributed by atoms with van der Waals surface area (Å²) in [4.78, 5) is 19.1. The van der Waals surface area contributed by atoms with Crippen molar-refractivity contribution < 1.29 is 4.79 Å². The number of thiazole rings is 1. The van der Waals surface area contributed by atoms with Crippen molar-refractivity contribution in [3.63, 3.8) is 0 Å². The van der Waals surface area contributed by atoms with E-state index in [0.717, 1.165) is 56.0 Å². The van der Waals surface area contributed by atoms with E-state index < -0.39 is 0 Å². The van der Waals surface area contributed by atoms with Gasteiger partial charge >= 0.3 is 0 Å². The third-order valence-electron chi connectivity index (χ3n) is 4.25. The van der Waals surface area contributed by atoms with E-state index in [1.54, 1.807) is 11.3 Å². The number of para-hydroxylation sites is 1. The number of nitrogens with one attached hydrogen (secondary N) is 1. The Hall–Kier alpha value is -1.62. The van der Waals surface area contributed by atoms with Crippen molar-refractivity contribution in [2.75, 3.05) is 24.5 Å². The molecule has 1 N–H and O–H groups in total. The standard InChI is InChI=1S/C17H23N3OS/c1-2-3-10-18-16(21)13-8-11-20(12-9-13)17-19-14-6-4-5-7-15(14)22-17/h4-7,13H,2-3,8-12H2,1H3,(H,18,21). The van der Waals surface area contributed by atoms with Crippen LogP contribution in [0.1, 0.15) is 32.6 Å². The van der Waals surface area contributed by atoms with Gasteiger partial charge in [0.25, 0.3) is 0 Å².